The van der Waals surface area contributed by atoms with E-state index in [1.54, 1.807) is 0 Å². The number of hydrogen-bond acceptors (Lipinski definition) is 3. The van der Waals surface area contributed by atoms with E-state index in [9.17, 15) is 4.57 Å². The second-order valence-electron chi connectivity index (χ2n) is 8.89. The van der Waals surface area contributed by atoms with Gasteiger partial charge in [0.05, 0.1) is 6.61 Å². The summed E-state index contributed by atoms with van der Waals surface area (Å²) in [7, 11) is -4.27. The number of thiol groups is 1. The molecule has 0 aromatic heterocycles. The Hall–Kier alpha value is 0.550. The minimum atomic E-state index is -4.27. The summed E-state index contributed by atoms with van der Waals surface area (Å²) in [6, 6.07) is 0. The summed E-state index contributed by atoms with van der Waals surface area (Å²) in [6.45, 7) is 0.164. The maximum absolute atomic E-state index is 10.5. The first kappa shape index (κ1) is 31.6. The molecule has 0 rings (SSSR count). The summed E-state index contributed by atoms with van der Waals surface area (Å²) in [5.74, 6) is 0. The van der Waals surface area contributed by atoms with E-state index in [4.69, 9.17) is 22.0 Å². The maximum Gasteiger partial charge on any atom is 0.469 e. The summed E-state index contributed by atoms with van der Waals surface area (Å²) >= 11 is 9.15. The smallest absolute Gasteiger partial charge is 0.303 e. The first-order chi connectivity index (χ1) is 14.9. The number of unbranched alkanes of at least 4 members (excludes halogenated alkanes) is 20. The van der Waals surface area contributed by atoms with Crippen LogP contribution in [0.2, 0.25) is 0 Å². The third-order valence-electron chi connectivity index (χ3n) is 5.79. The molecule has 2 N–H and O–H groups in total. The monoisotopic (exact) mass is 496 g/mol. The van der Waals surface area contributed by atoms with Gasteiger partial charge >= 0.3 is 7.82 Å². The molecule has 0 spiro atoms. The van der Waals surface area contributed by atoms with Crippen molar-refractivity contribution in [3.8, 4) is 0 Å². The standard InChI is InChI=1S/C24H49O4PS2/c25-29(26,27)28-23-21-19-17-15-13-11-9-7-5-3-1-2-4-6-8-10-12-14-16-18-20-22-24(30)31/h1-23H2,(H,30,31)(H2,25,26,27). The highest BCUT2D eigenvalue weighted by atomic mass is 32.1. The highest BCUT2D eigenvalue weighted by Crippen LogP contribution is 2.35. The van der Waals surface area contributed by atoms with Crippen LogP contribution in [0.1, 0.15) is 141 Å². The third-order valence-corrected chi connectivity index (χ3v) is 6.74. The normalized spacial score (nSPS) is 11.8. The molecule has 7 heteroatoms. The van der Waals surface area contributed by atoms with Gasteiger partial charge in [0.2, 0.25) is 0 Å². The van der Waals surface area contributed by atoms with Crippen molar-refractivity contribution >= 4 is 36.9 Å². The van der Waals surface area contributed by atoms with E-state index in [1.165, 1.54) is 116 Å². The van der Waals surface area contributed by atoms with Crippen molar-refractivity contribution in [3.05, 3.63) is 0 Å². The minimum absolute atomic E-state index is 0.164. The minimum Gasteiger partial charge on any atom is -0.303 e. The van der Waals surface area contributed by atoms with E-state index in [2.05, 4.69) is 17.2 Å². The molecule has 0 unspecified atom stereocenters. The van der Waals surface area contributed by atoms with Gasteiger partial charge in [-0.25, -0.2) is 4.57 Å². The quantitative estimate of drug-likeness (QED) is 0.0509. The lowest BCUT2D eigenvalue weighted by atomic mass is 10.0. The van der Waals surface area contributed by atoms with Crippen molar-refractivity contribution in [1.82, 2.24) is 0 Å². The van der Waals surface area contributed by atoms with Crippen molar-refractivity contribution in [2.45, 2.75) is 141 Å². The Kier molecular flexibility index (Phi) is 24.1. The molecule has 0 aliphatic rings. The highest BCUT2D eigenvalue weighted by Gasteiger charge is 2.12. The Labute approximate surface area is 203 Å². The fourth-order valence-electron chi connectivity index (χ4n) is 3.92. The van der Waals surface area contributed by atoms with Crippen LogP contribution in [0.5, 0.6) is 0 Å². The van der Waals surface area contributed by atoms with Gasteiger partial charge in [0.1, 0.15) is 0 Å². The zero-order valence-corrected chi connectivity index (χ0v) is 22.4. The lowest BCUT2D eigenvalue weighted by Gasteiger charge is -2.05. The lowest BCUT2D eigenvalue weighted by Crippen LogP contribution is -1.92. The highest BCUT2D eigenvalue weighted by molar-refractivity contribution is 8.11. The molecular formula is C24H49O4PS2. The molecule has 0 bridgehead atoms. The molecule has 186 valence electrons. The molecule has 0 fully saturated rings. The topological polar surface area (TPSA) is 66.8 Å². The molecule has 0 radical (unpaired) electrons. The Bertz CT molecular complexity index is 443. The molecule has 31 heavy (non-hydrogen) atoms. The Balaban J connectivity index is 3.05. The van der Waals surface area contributed by atoms with Crippen molar-refractivity contribution in [1.29, 1.82) is 0 Å². The van der Waals surface area contributed by atoms with Gasteiger partial charge in [0.15, 0.2) is 0 Å². The summed E-state index contributed by atoms with van der Waals surface area (Å²) < 4.78 is 15.8. The zero-order chi connectivity index (χ0) is 23.0. The molecule has 0 aromatic carbocycles. The van der Waals surface area contributed by atoms with Gasteiger partial charge in [0, 0.05) is 4.20 Å². The van der Waals surface area contributed by atoms with Gasteiger partial charge in [-0.3, -0.25) is 4.52 Å². The van der Waals surface area contributed by atoms with Crippen LogP contribution >= 0.6 is 32.7 Å². The van der Waals surface area contributed by atoms with Crippen molar-refractivity contribution in [3.63, 3.8) is 0 Å². The van der Waals surface area contributed by atoms with Gasteiger partial charge in [-0.15, -0.1) is 12.6 Å². The molecule has 0 aliphatic heterocycles. The van der Waals surface area contributed by atoms with E-state index in [0.29, 0.717) is 0 Å². The summed E-state index contributed by atoms with van der Waals surface area (Å²) in [6.07, 6.45) is 28.3. The number of phosphoric ester groups is 1. The van der Waals surface area contributed by atoms with Crippen molar-refractivity contribution in [2.24, 2.45) is 0 Å². The predicted octanol–water partition coefficient (Wildman–Crippen LogP) is 8.94. The lowest BCUT2D eigenvalue weighted by molar-refractivity contribution is 0.193. The van der Waals surface area contributed by atoms with Crippen LogP contribution in [0.4, 0.5) is 0 Å². The Morgan fingerprint density at radius 1 is 0.581 bits per heavy atom. The summed E-state index contributed by atoms with van der Waals surface area (Å²) in [4.78, 5) is 17.2. The number of rotatable bonds is 25. The first-order valence-electron chi connectivity index (χ1n) is 12.8. The number of phosphoric acid groups is 1. The molecule has 0 aliphatic carbocycles. The Morgan fingerprint density at radius 3 is 1.10 bits per heavy atom. The van der Waals surface area contributed by atoms with Crippen LogP contribution in [-0.4, -0.2) is 20.6 Å². The van der Waals surface area contributed by atoms with E-state index in [-0.39, 0.29) is 6.61 Å². The van der Waals surface area contributed by atoms with Crippen LogP contribution in [0, 0.1) is 0 Å². The van der Waals surface area contributed by atoms with E-state index in [1.807, 2.05) is 0 Å². The second kappa shape index (κ2) is 23.7. The van der Waals surface area contributed by atoms with Gasteiger partial charge in [0.25, 0.3) is 0 Å². The molecule has 0 aromatic rings. The van der Waals surface area contributed by atoms with Crippen molar-refractivity contribution in [2.75, 3.05) is 6.61 Å². The van der Waals surface area contributed by atoms with E-state index in [0.717, 1.165) is 29.9 Å². The number of hydrogen-bond donors (Lipinski definition) is 3. The fraction of sp³-hybridized carbons (Fsp3) is 0.958. The van der Waals surface area contributed by atoms with Crippen LogP contribution in [-0.2, 0) is 9.09 Å². The van der Waals surface area contributed by atoms with Crippen LogP contribution in [0.25, 0.3) is 0 Å². The molecule has 0 amide bonds. The van der Waals surface area contributed by atoms with E-state index >= 15 is 0 Å². The van der Waals surface area contributed by atoms with Gasteiger partial charge in [-0.05, 0) is 19.3 Å². The maximum atomic E-state index is 10.5. The van der Waals surface area contributed by atoms with Crippen molar-refractivity contribution < 1.29 is 18.9 Å². The zero-order valence-electron chi connectivity index (χ0n) is 19.8. The molecule has 0 atom stereocenters. The summed E-state index contributed by atoms with van der Waals surface area (Å²) in [5, 5.41) is 0. The fourth-order valence-corrected chi connectivity index (χ4v) is 4.59. The van der Waals surface area contributed by atoms with Crippen LogP contribution in [0.3, 0.4) is 0 Å². The number of thiocarbonyl (C=S) groups is 1. The molecule has 0 saturated carbocycles. The molecular weight excluding hydrogens is 447 g/mol. The van der Waals surface area contributed by atoms with E-state index < -0.39 is 7.82 Å². The van der Waals surface area contributed by atoms with Gasteiger partial charge < -0.3 is 9.79 Å². The first-order valence-corrected chi connectivity index (χ1v) is 15.2. The average molecular weight is 497 g/mol. The second-order valence-corrected chi connectivity index (χ2v) is 11.5. The Morgan fingerprint density at radius 2 is 0.839 bits per heavy atom. The predicted molar refractivity (Wildman–Crippen MR) is 141 cm³/mol. The van der Waals surface area contributed by atoms with Crippen LogP contribution in [0.15, 0.2) is 0 Å². The average Bonchev–Trinajstić information content (AvgIpc) is 2.70. The van der Waals surface area contributed by atoms with Crippen LogP contribution < -0.4 is 0 Å². The molecule has 0 saturated heterocycles. The van der Waals surface area contributed by atoms with Gasteiger partial charge in [-0.2, -0.15) is 0 Å². The summed E-state index contributed by atoms with van der Waals surface area (Å²) in [5.41, 5.74) is 0. The molecule has 4 nitrogen and oxygen atoms in total. The van der Waals surface area contributed by atoms with Gasteiger partial charge in [-0.1, -0.05) is 134 Å². The third kappa shape index (κ3) is 30.5. The largest absolute Gasteiger partial charge is 0.469 e. The molecule has 0 heterocycles. The SMILES string of the molecule is O=P(O)(O)OCCCCCCCCCCCCCCCCCCCCCCCC(=S)S.